The van der Waals surface area contributed by atoms with Gasteiger partial charge in [-0.15, -0.1) is 0 Å². The molecule has 4 heteroatoms. The van der Waals surface area contributed by atoms with Crippen LogP contribution in [0, 0.1) is 5.92 Å². The van der Waals surface area contributed by atoms with E-state index in [1.165, 1.54) is 5.56 Å². The van der Waals surface area contributed by atoms with Gasteiger partial charge in [-0.05, 0) is 30.9 Å². The molecule has 1 aromatic rings. The number of nitrogens with zero attached hydrogens (tertiary/aromatic N) is 1. The first-order chi connectivity index (χ1) is 9.97. The minimum Gasteiger partial charge on any atom is -0.383 e. The van der Waals surface area contributed by atoms with Crippen molar-refractivity contribution in [3.63, 3.8) is 0 Å². The Hall–Kier alpha value is -0.770. The van der Waals surface area contributed by atoms with E-state index in [1.807, 2.05) is 12.1 Å². The first-order valence-corrected chi connectivity index (χ1v) is 8.05. The third kappa shape index (κ3) is 5.85. The van der Waals surface area contributed by atoms with Gasteiger partial charge in [-0.3, -0.25) is 0 Å². The Bertz CT molecular complexity index is 423. The largest absolute Gasteiger partial charge is 0.383 e. The van der Waals surface area contributed by atoms with Crippen LogP contribution in [-0.4, -0.2) is 33.4 Å². The summed E-state index contributed by atoms with van der Waals surface area (Å²) < 4.78 is 5.06. The molecule has 0 heterocycles. The summed E-state index contributed by atoms with van der Waals surface area (Å²) in [5.74, 6) is 0.674. The van der Waals surface area contributed by atoms with Crippen LogP contribution >= 0.6 is 11.6 Å². The van der Waals surface area contributed by atoms with Gasteiger partial charge < -0.3 is 15.0 Å². The van der Waals surface area contributed by atoms with Gasteiger partial charge in [-0.2, -0.15) is 0 Å². The molecular formula is C17H29ClN2O. The van der Waals surface area contributed by atoms with Crippen LogP contribution in [0.3, 0.4) is 0 Å². The predicted molar refractivity (Wildman–Crippen MR) is 92.4 cm³/mol. The van der Waals surface area contributed by atoms with Gasteiger partial charge in [0.15, 0.2) is 0 Å². The minimum absolute atomic E-state index is 0.461. The van der Waals surface area contributed by atoms with Crippen molar-refractivity contribution in [1.29, 1.82) is 0 Å². The van der Waals surface area contributed by atoms with Crippen molar-refractivity contribution in [2.75, 3.05) is 32.2 Å². The van der Waals surface area contributed by atoms with Crippen LogP contribution in [0.25, 0.3) is 0 Å². The highest BCUT2D eigenvalue weighted by molar-refractivity contribution is 6.33. The highest BCUT2D eigenvalue weighted by atomic mass is 35.5. The van der Waals surface area contributed by atoms with Gasteiger partial charge in [-0.1, -0.05) is 37.6 Å². The zero-order valence-corrected chi connectivity index (χ0v) is 14.7. The molecule has 1 atom stereocenters. The van der Waals surface area contributed by atoms with Crippen LogP contribution < -0.4 is 10.2 Å². The second kappa shape index (κ2) is 9.29. The van der Waals surface area contributed by atoms with Crippen LogP contribution in [0.5, 0.6) is 0 Å². The molecule has 0 fully saturated rings. The van der Waals surface area contributed by atoms with Crippen molar-refractivity contribution in [1.82, 2.24) is 5.32 Å². The Labute approximate surface area is 134 Å². The number of ether oxygens (including phenoxy) is 1. The lowest BCUT2D eigenvalue weighted by atomic mass is 10.0. The molecule has 1 aromatic carbocycles. The van der Waals surface area contributed by atoms with Gasteiger partial charge >= 0.3 is 0 Å². The Morgan fingerprint density at radius 1 is 1.29 bits per heavy atom. The van der Waals surface area contributed by atoms with Crippen molar-refractivity contribution in [3.05, 3.63) is 28.8 Å². The maximum atomic E-state index is 6.45. The number of methoxy groups -OCH3 is 1. The van der Waals surface area contributed by atoms with E-state index in [-0.39, 0.29) is 0 Å². The molecule has 0 saturated heterocycles. The number of rotatable bonds is 9. The van der Waals surface area contributed by atoms with Crippen molar-refractivity contribution >= 4 is 17.3 Å². The zero-order valence-electron chi connectivity index (χ0n) is 13.9. The predicted octanol–water partition coefficient (Wildman–Crippen LogP) is 3.95. The maximum Gasteiger partial charge on any atom is 0.0642 e. The number of anilines is 1. The number of benzene rings is 1. The first-order valence-electron chi connectivity index (χ1n) is 7.67. The molecule has 1 rings (SSSR count). The van der Waals surface area contributed by atoms with Crippen LogP contribution in [0.4, 0.5) is 5.69 Å². The molecule has 0 aliphatic carbocycles. The van der Waals surface area contributed by atoms with Crippen molar-refractivity contribution in [2.45, 2.75) is 39.8 Å². The molecule has 0 spiro atoms. The number of para-hydroxylation sites is 1. The van der Waals surface area contributed by atoms with E-state index in [0.717, 1.165) is 36.8 Å². The average Bonchev–Trinajstić information content (AvgIpc) is 2.42. The van der Waals surface area contributed by atoms with E-state index in [0.29, 0.717) is 12.0 Å². The lowest BCUT2D eigenvalue weighted by Gasteiger charge is -2.31. The molecule has 0 radical (unpaired) electrons. The number of hydrogen-bond donors (Lipinski definition) is 1. The third-order valence-corrected chi connectivity index (χ3v) is 4.00. The fraction of sp³-hybridized carbons (Fsp3) is 0.647. The summed E-state index contributed by atoms with van der Waals surface area (Å²) in [5, 5.41) is 4.21. The fourth-order valence-corrected chi connectivity index (χ4v) is 2.88. The Balaban J connectivity index is 2.83. The molecule has 0 saturated carbocycles. The normalized spacial score (nSPS) is 12.7. The van der Waals surface area contributed by atoms with E-state index in [9.17, 15) is 0 Å². The fourth-order valence-electron chi connectivity index (χ4n) is 2.56. The number of nitrogens with one attached hydrogen (secondary N) is 1. The summed E-state index contributed by atoms with van der Waals surface area (Å²) in [6, 6.07) is 6.58. The highest BCUT2D eigenvalue weighted by Gasteiger charge is 2.17. The summed E-state index contributed by atoms with van der Waals surface area (Å²) in [6.07, 6.45) is 1.15. The molecule has 0 aromatic heterocycles. The zero-order chi connectivity index (χ0) is 15.8. The molecule has 0 aliphatic rings. The van der Waals surface area contributed by atoms with Gasteiger partial charge in [0.05, 0.1) is 17.3 Å². The molecule has 1 N–H and O–H groups in total. The molecule has 0 aliphatic heterocycles. The molecular weight excluding hydrogens is 284 g/mol. The van der Waals surface area contributed by atoms with Crippen molar-refractivity contribution < 1.29 is 4.74 Å². The summed E-state index contributed by atoms with van der Waals surface area (Å²) in [7, 11) is 3.85. The van der Waals surface area contributed by atoms with Crippen LogP contribution in [0.15, 0.2) is 18.2 Å². The lowest BCUT2D eigenvalue weighted by molar-refractivity contribution is 0.199. The second-order valence-electron chi connectivity index (χ2n) is 6.01. The van der Waals surface area contributed by atoms with Gasteiger partial charge in [0.1, 0.15) is 0 Å². The summed E-state index contributed by atoms with van der Waals surface area (Å²) in [5.41, 5.74) is 2.37. The first kappa shape index (κ1) is 18.3. The Kier molecular flexibility index (Phi) is 8.09. The Morgan fingerprint density at radius 2 is 2.00 bits per heavy atom. The van der Waals surface area contributed by atoms with E-state index < -0.39 is 0 Å². The molecule has 1 unspecified atom stereocenters. The second-order valence-corrected chi connectivity index (χ2v) is 6.41. The van der Waals surface area contributed by atoms with E-state index in [1.54, 1.807) is 7.11 Å². The third-order valence-electron chi connectivity index (χ3n) is 3.70. The van der Waals surface area contributed by atoms with Crippen LogP contribution in [0.2, 0.25) is 5.02 Å². The van der Waals surface area contributed by atoms with E-state index in [2.05, 4.69) is 44.1 Å². The van der Waals surface area contributed by atoms with Crippen molar-refractivity contribution in [2.24, 2.45) is 5.92 Å². The minimum atomic E-state index is 0.461. The molecule has 120 valence electrons. The average molecular weight is 313 g/mol. The summed E-state index contributed by atoms with van der Waals surface area (Å²) in [4.78, 5) is 2.30. The van der Waals surface area contributed by atoms with E-state index >= 15 is 0 Å². The van der Waals surface area contributed by atoms with Gasteiger partial charge in [0, 0.05) is 33.3 Å². The standard InChI is InChI=1S/C17H29ClN2O/c1-13(2)11-14(3)20(4)17-15(7-6-8-16(17)18)12-19-9-10-21-5/h6-8,13-14,19H,9-12H2,1-5H3. The van der Waals surface area contributed by atoms with Crippen molar-refractivity contribution in [3.8, 4) is 0 Å². The molecule has 0 bridgehead atoms. The van der Waals surface area contributed by atoms with Crippen LogP contribution in [0.1, 0.15) is 32.8 Å². The van der Waals surface area contributed by atoms with Gasteiger partial charge in [0.25, 0.3) is 0 Å². The maximum absolute atomic E-state index is 6.45. The monoisotopic (exact) mass is 312 g/mol. The smallest absolute Gasteiger partial charge is 0.0642 e. The summed E-state index contributed by atoms with van der Waals surface area (Å²) >= 11 is 6.45. The number of halogens is 1. The van der Waals surface area contributed by atoms with E-state index in [4.69, 9.17) is 16.3 Å². The molecule has 21 heavy (non-hydrogen) atoms. The van der Waals surface area contributed by atoms with Gasteiger partial charge in [0.2, 0.25) is 0 Å². The molecule has 3 nitrogen and oxygen atoms in total. The molecule has 0 amide bonds. The quantitative estimate of drug-likeness (QED) is 0.699. The highest BCUT2D eigenvalue weighted by Crippen LogP contribution is 2.31. The van der Waals surface area contributed by atoms with Gasteiger partial charge in [-0.25, -0.2) is 0 Å². The topological polar surface area (TPSA) is 24.5 Å². The SMILES string of the molecule is COCCNCc1cccc(Cl)c1N(C)C(C)CC(C)C. The number of hydrogen-bond acceptors (Lipinski definition) is 3. The summed E-state index contributed by atoms with van der Waals surface area (Å²) in [6.45, 7) is 9.13. The van der Waals surface area contributed by atoms with Crippen LogP contribution in [-0.2, 0) is 11.3 Å². The Morgan fingerprint density at radius 3 is 2.62 bits per heavy atom. The lowest BCUT2D eigenvalue weighted by Crippen LogP contribution is -2.32.